The number of rotatable bonds is 1. The Morgan fingerprint density at radius 3 is 2.46 bits per heavy atom. The highest BCUT2D eigenvalue weighted by Gasteiger charge is 2.13. The summed E-state index contributed by atoms with van der Waals surface area (Å²) < 4.78 is 0. The molecule has 13 heavy (non-hydrogen) atoms. The molecule has 3 heteroatoms. The van der Waals surface area contributed by atoms with E-state index in [9.17, 15) is 5.11 Å². The van der Waals surface area contributed by atoms with Gasteiger partial charge in [-0.25, -0.2) is 0 Å². The fourth-order valence-corrected chi connectivity index (χ4v) is 1.43. The van der Waals surface area contributed by atoms with E-state index in [1.54, 1.807) is 13.0 Å². The summed E-state index contributed by atoms with van der Waals surface area (Å²) in [6.45, 7) is 5.77. The minimum absolute atomic E-state index is 0.156. The zero-order valence-electron chi connectivity index (χ0n) is 8.06. The van der Waals surface area contributed by atoms with Gasteiger partial charge in [0.2, 0.25) is 0 Å². The lowest BCUT2D eigenvalue weighted by molar-refractivity contribution is 0.465. The molecule has 3 N–H and O–H groups in total. The molecule has 0 unspecified atom stereocenters. The third-order valence-corrected chi connectivity index (χ3v) is 2.64. The van der Waals surface area contributed by atoms with Crippen LogP contribution in [-0.2, 0) is 0 Å². The van der Waals surface area contributed by atoms with Gasteiger partial charge in [0.1, 0.15) is 5.75 Å². The van der Waals surface area contributed by atoms with Crippen molar-refractivity contribution in [1.82, 2.24) is 0 Å². The number of phenols is 1. The van der Waals surface area contributed by atoms with Crippen LogP contribution >= 0.6 is 11.6 Å². The number of benzene rings is 1. The van der Waals surface area contributed by atoms with Crippen LogP contribution in [0.3, 0.4) is 0 Å². The predicted molar refractivity (Wildman–Crippen MR) is 56.4 cm³/mol. The molecule has 1 rings (SSSR count). The van der Waals surface area contributed by atoms with Crippen LogP contribution in [0.15, 0.2) is 6.07 Å². The molecular weight excluding hydrogens is 186 g/mol. The van der Waals surface area contributed by atoms with Crippen molar-refractivity contribution in [2.24, 2.45) is 0 Å². The van der Waals surface area contributed by atoms with Crippen LogP contribution < -0.4 is 5.73 Å². The highest BCUT2D eigenvalue weighted by Crippen LogP contribution is 2.37. The first-order chi connectivity index (χ1) is 5.95. The Hall–Kier alpha value is -0.890. The van der Waals surface area contributed by atoms with E-state index >= 15 is 0 Å². The molecule has 2 nitrogen and oxygen atoms in total. The Kier molecular flexibility index (Phi) is 2.71. The molecule has 0 aliphatic rings. The van der Waals surface area contributed by atoms with Crippen LogP contribution in [0.4, 0.5) is 5.69 Å². The van der Waals surface area contributed by atoms with E-state index in [1.165, 1.54) is 0 Å². The number of phenolic OH excluding ortho intramolecular Hbond substituents is 1. The van der Waals surface area contributed by atoms with Crippen molar-refractivity contribution in [2.45, 2.75) is 26.7 Å². The molecule has 0 saturated heterocycles. The van der Waals surface area contributed by atoms with Gasteiger partial charge in [0.25, 0.3) is 0 Å². The second-order valence-corrected chi connectivity index (χ2v) is 3.88. The minimum atomic E-state index is 0.156. The van der Waals surface area contributed by atoms with Gasteiger partial charge in [-0.15, -0.1) is 0 Å². The summed E-state index contributed by atoms with van der Waals surface area (Å²) in [5.41, 5.74) is 7.90. The van der Waals surface area contributed by atoms with Crippen LogP contribution in [-0.4, -0.2) is 5.11 Å². The summed E-state index contributed by atoms with van der Waals surface area (Å²) in [5, 5.41) is 10.1. The Labute approximate surface area is 83.3 Å². The lowest BCUT2D eigenvalue weighted by Gasteiger charge is -2.13. The van der Waals surface area contributed by atoms with Gasteiger partial charge in [0.05, 0.1) is 5.02 Å². The molecule has 0 atom stereocenters. The second-order valence-electron chi connectivity index (χ2n) is 3.50. The average Bonchev–Trinajstić information content (AvgIpc) is 2.07. The topological polar surface area (TPSA) is 46.2 Å². The lowest BCUT2D eigenvalue weighted by Crippen LogP contribution is -1.96. The number of anilines is 1. The first-order valence-corrected chi connectivity index (χ1v) is 4.60. The molecule has 0 aliphatic heterocycles. The standard InChI is InChI=1S/C10H14ClNO/c1-5(2)7-4-8(12)6(3)9(11)10(7)13/h4-5,13H,12H2,1-3H3. The molecule has 0 heterocycles. The van der Waals surface area contributed by atoms with Crippen molar-refractivity contribution in [3.05, 3.63) is 22.2 Å². The van der Waals surface area contributed by atoms with Crippen molar-refractivity contribution in [1.29, 1.82) is 0 Å². The summed E-state index contributed by atoms with van der Waals surface area (Å²) in [5.74, 6) is 0.378. The molecule has 0 aliphatic carbocycles. The summed E-state index contributed by atoms with van der Waals surface area (Å²) in [7, 11) is 0. The van der Waals surface area contributed by atoms with Crippen LogP contribution in [0.25, 0.3) is 0 Å². The Balaban J connectivity index is 3.41. The summed E-state index contributed by atoms with van der Waals surface area (Å²) in [6.07, 6.45) is 0. The average molecular weight is 200 g/mol. The summed E-state index contributed by atoms with van der Waals surface area (Å²) in [6, 6.07) is 1.78. The van der Waals surface area contributed by atoms with Gasteiger partial charge in [-0.1, -0.05) is 25.4 Å². The van der Waals surface area contributed by atoms with Crippen molar-refractivity contribution in [3.8, 4) is 5.75 Å². The number of nitrogen functional groups attached to an aromatic ring is 1. The van der Waals surface area contributed by atoms with E-state index in [0.717, 1.165) is 11.1 Å². The fourth-order valence-electron chi connectivity index (χ4n) is 1.22. The van der Waals surface area contributed by atoms with Gasteiger partial charge in [-0.2, -0.15) is 0 Å². The Bertz CT molecular complexity index is 334. The third kappa shape index (κ3) is 1.73. The molecule has 0 aromatic heterocycles. The first kappa shape index (κ1) is 10.2. The van der Waals surface area contributed by atoms with E-state index in [4.69, 9.17) is 17.3 Å². The predicted octanol–water partition coefficient (Wildman–Crippen LogP) is 3.06. The smallest absolute Gasteiger partial charge is 0.138 e. The van der Waals surface area contributed by atoms with Gasteiger partial charge in [-0.05, 0) is 24.5 Å². The van der Waals surface area contributed by atoms with E-state index in [-0.39, 0.29) is 11.7 Å². The SMILES string of the molecule is Cc1c(N)cc(C(C)C)c(O)c1Cl. The molecule has 0 amide bonds. The van der Waals surface area contributed by atoms with Crippen molar-refractivity contribution >= 4 is 17.3 Å². The number of nitrogens with two attached hydrogens (primary N) is 1. The minimum Gasteiger partial charge on any atom is -0.506 e. The maximum atomic E-state index is 9.69. The molecule has 0 saturated carbocycles. The number of hydrogen-bond acceptors (Lipinski definition) is 2. The van der Waals surface area contributed by atoms with E-state index in [0.29, 0.717) is 10.7 Å². The van der Waals surface area contributed by atoms with Gasteiger partial charge >= 0.3 is 0 Å². The van der Waals surface area contributed by atoms with Gasteiger partial charge in [0, 0.05) is 11.3 Å². The largest absolute Gasteiger partial charge is 0.506 e. The van der Waals surface area contributed by atoms with Crippen LogP contribution in [0, 0.1) is 6.92 Å². The lowest BCUT2D eigenvalue weighted by atomic mass is 9.99. The highest BCUT2D eigenvalue weighted by molar-refractivity contribution is 6.33. The maximum Gasteiger partial charge on any atom is 0.138 e. The Morgan fingerprint density at radius 1 is 1.46 bits per heavy atom. The van der Waals surface area contributed by atoms with Crippen molar-refractivity contribution in [3.63, 3.8) is 0 Å². The van der Waals surface area contributed by atoms with Gasteiger partial charge in [-0.3, -0.25) is 0 Å². The van der Waals surface area contributed by atoms with Gasteiger partial charge < -0.3 is 10.8 Å². The molecule has 0 radical (unpaired) electrons. The van der Waals surface area contributed by atoms with E-state index < -0.39 is 0 Å². The molecule has 72 valence electrons. The van der Waals surface area contributed by atoms with Crippen LogP contribution in [0.5, 0.6) is 5.75 Å². The number of halogens is 1. The molecule has 0 fully saturated rings. The zero-order valence-corrected chi connectivity index (χ0v) is 8.81. The first-order valence-electron chi connectivity index (χ1n) is 4.22. The normalized spacial score (nSPS) is 10.8. The fraction of sp³-hybridized carbons (Fsp3) is 0.400. The maximum absolute atomic E-state index is 9.69. The highest BCUT2D eigenvalue weighted by atomic mass is 35.5. The van der Waals surface area contributed by atoms with Crippen molar-refractivity contribution in [2.75, 3.05) is 5.73 Å². The monoisotopic (exact) mass is 199 g/mol. The molecule has 1 aromatic carbocycles. The van der Waals surface area contributed by atoms with E-state index in [2.05, 4.69) is 0 Å². The Morgan fingerprint density at radius 2 is 2.00 bits per heavy atom. The molecule has 0 bridgehead atoms. The number of aromatic hydroxyl groups is 1. The van der Waals surface area contributed by atoms with Gasteiger partial charge in [0.15, 0.2) is 0 Å². The summed E-state index contributed by atoms with van der Waals surface area (Å²) >= 11 is 5.90. The second kappa shape index (κ2) is 3.46. The molecule has 0 spiro atoms. The van der Waals surface area contributed by atoms with Crippen LogP contribution in [0.2, 0.25) is 5.02 Å². The van der Waals surface area contributed by atoms with Crippen molar-refractivity contribution < 1.29 is 5.11 Å². The third-order valence-electron chi connectivity index (χ3n) is 2.18. The molecular formula is C10H14ClNO. The zero-order chi connectivity index (χ0) is 10.2. The summed E-state index contributed by atoms with van der Waals surface area (Å²) in [4.78, 5) is 0. The quantitative estimate of drug-likeness (QED) is 0.540. The number of hydrogen-bond donors (Lipinski definition) is 2. The van der Waals surface area contributed by atoms with Crippen LogP contribution in [0.1, 0.15) is 30.9 Å². The molecule has 1 aromatic rings. The van der Waals surface area contributed by atoms with E-state index in [1.807, 2.05) is 13.8 Å².